The third-order valence-electron chi connectivity index (χ3n) is 1.98. The van der Waals surface area contributed by atoms with Crippen molar-refractivity contribution in [3.8, 4) is 0 Å². The zero-order valence-electron chi connectivity index (χ0n) is 8.63. The molecule has 0 atom stereocenters. The van der Waals surface area contributed by atoms with Crippen LogP contribution in [0.1, 0.15) is 10.4 Å². The Hall–Kier alpha value is -1.52. The van der Waals surface area contributed by atoms with E-state index in [0.717, 1.165) is 4.90 Å². The number of hydrogen-bond donors (Lipinski definition) is 1. The second-order valence-corrected chi connectivity index (χ2v) is 4.72. The van der Waals surface area contributed by atoms with E-state index in [1.165, 1.54) is 23.9 Å². The molecule has 0 aliphatic heterocycles. The zero-order valence-corrected chi connectivity index (χ0v) is 10.2. The van der Waals surface area contributed by atoms with Gasteiger partial charge in [0.2, 0.25) is 0 Å². The number of aromatic nitrogens is 1. The largest absolute Gasteiger partial charge is 0.478 e. The van der Waals surface area contributed by atoms with Gasteiger partial charge in [0.25, 0.3) is 0 Å². The van der Waals surface area contributed by atoms with Crippen LogP contribution in [0, 0.1) is 0 Å². The van der Waals surface area contributed by atoms with E-state index in [0.29, 0.717) is 5.03 Å². The van der Waals surface area contributed by atoms with Crippen LogP contribution < -0.4 is 0 Å². The monoisotopic (exact) mass is 265 g/mol. The second-order valence-electron chi connectivity index (χ2n) is 3.24. The topological polar surface area (TPSA) is 50.2 Å². The number of carboxylic acid groups (broad SMARTS) is 1. The number of rotatable bonds is 3. The highest BCUT2D eigenvalue weighted by molar-refractivity contribution is 7.99. The molecule has 0 saturated heterocycles. The third-order valence-corrected chi connectivity index (χ3v) is 3.10. The second kappa shape index (κ2) is 5.21. The lowest BCUT2D eigenvalue weighted by Crippen LogP contribution is -1.97. The van der Waals surface area contributed by atoms with E-state index in [4.69, 9.17) is 16.7 Å². The predicted molar refractivity (Wildman–Crippen MR) is 66.8 cm³/mol. The molecule has 5 heteroatoms. The number of pyridine rings is 1. The molecule has 2 aromatic rings. The van der Waals surface area contributed by atoms with Crippen molar-refractivity contribution in [2.24, 2.45) is 0 Å². The van der Waals surface area contributed by atoms with Gasteiger partial charge in [0, 0.05) is 4.90 Å². The van der Waals surface area contributed by atoms with Gasteiger partial charge >= 0.3 is 5.97 Å². The molecule has 0 spiro atoms. The van der Waals surface area contributed by atoms with Crippen LogP contribution in [0.2, 0.25) is 5.15 Å². The first kappa shape index (κ1) is 12.0. The molecule has 1 aromatic carbocycles. The quantitative estimate of drug-likeness (QED) is 0.862. The Kier molecular flexibility index (Phi) is 3.66. The molecule has 0 fully saturated rings. The van der Waals surface area contributed by atoms with Crippen molar-refractivity contribution >= 4 is 29.3 Å². The number of aromatic carboxylic acids is 1. The van der Waals surface area contributed by atoms with E-state index >= 15 is 0 Å². The number of nitrogens with zero attached hydrogens (tertiary/aromatic N) is 1. The molecule has 0 unspecified atom stereocenters. The van der Waals surface area contributed by atoms with Crippen molar-refractivity contribution in [2.75, 3.05) is 0 Å². The summed E-state index contributed by atoms with van der Waals surface area (Å²) in [5.41, 5.74) is 0.142. The van der Waals surface area contributed by atoms with Gasteiger partial charge in [-0.1, -0.05) is 41.6 Å². The van der Waals surface area contributed by atoms with E-state index in [1.807, 2.05) is 30.3 Å². The molecule has 0 radical (unpaired) electrons. The van der Waals surface area contributed by atoms with Crippen molar-refractivity contribution in [1.82, 2.24) is 4.98 Å². The molecule has 1 aromatic heterocycles. The maximum atomic E-state index is 10.9. The Balaban J connectivity index is 2.30. The molecule has 86 valence electrons. The SMILES string of the molecule is O=C(O)c1cc(Cl)nc(Sc2ccccc2)c1. The summed E-state index contributed by atoms with van der Waals surface area (Å²) >= 11 is 7.15. The highest BCUT2D eigenvalue weighted by Crippen LogP contribution is 2.27. The summed E-state index contributed by atoms with van der Waals surface area (Å²) in [4.78, 5) is 15.9. The van der Waals surface area contributed by atoms with Crippen LogP contribution in [0.5, 0.6) is 0 Å². The molecule has 0 amide bonds. The van der Waals surface area contributed by atoms with Crippen LogP contribution in [0.3, 0.4) is 0 Å². The Morgan fingerprint density at radius 3 is 2.59 bits per heavy atom. The number of carbonyl (C=O) groups is 1. The molecule has 0 aliphatic carbocycles. The summed E-state index contributed by atoms with van der Waals surface area (Å²) in [5.74, 6) is -1.01. The molecular formula is C12H8ClNO2S. The summed E-state index contributed by atoms with van der Waals surface area (Å²) < 4.78 is 0. The molecule has 0 saturated carbocycles. The van der Waals surface area contributed by atoms with Gasteiger partial charge in [-0.2, -0.15) is 0 Å². The van der Waals surface area contributed by atoms with Gasteiger partial charge in [0.05, 0.1) is 5.56 Å². The first-order valence-corrected chi connectivity index (χ1v) is 5.98. The lowest BCUT2D eigenvalue weighted by molar-refractivity contribution is 0.0696. The van der Waals surface area contributed by atoms with Crippen LogP contribution in [-0.4, -0.2) is 16.1 Å². The molecule has 1 N–H and O–H groups in total. The van der Waals surface area contributed by atoms with Crippen molar-refractivity contribution in [1.29, 1.82) is 0 Å². The molecule has 17 heavy (non-hydrogen) atoms. The van der Waals surface area contributed by atoms with Gasteiger partial charge in [0.15, 0.2) is 0 Å². The average molecular weight is 266 g/mol. The number of halogens is 1. The van der Waals surface area contributed by atoms with Crippen LogP contribution in [-0.2, 0) is 0 Å². The van der Waals surface area contributed by atoms with E-state index in [-0.39, 0.29) is 10.7 Å². The minimum absolute atomic E-state index is 0.142. The fourth-order valence-corrected chi connectivity index (χ4v) is 2.38. The predicted octanol–water partition coefficient (Wildman–Crippen LogP) is 3.58. The van der Waals surface area contributed by atoms with Crippen molar-refractivity contribution in [3.05, 3.63) is 53.2 Å². The molecule has 0 bridgehead atoms. The lowest BCUT2D eigenvalue weighted by atomic mass is 10.3. The van der Waals surface area contributed by atoms with Crippen LogP contribution in [0.4, 0.5) is 0 Å². The van der Waals surface area contributed by atoms with Gasteiger partial charge in [-0.25, -0.2) is 9.78 Å². The maximum absolute atomic E-state index is 10.9. The van der Waals surface area contributed by atoms with Crippen molar-refractivity contribution in [3.63, 3.8) is 0 Å². The van der Waals surface area contributed by atoms with Gasteiger partial charge < -0.3 is 5.11 Å². The highest BCUT2D eigenvalue weighted by Gasteiger charge is 2.08. The van der Waals surface area contributed by atoms with Gasteiger partial charge in [-0.15, -0.1) is 0 Å². The summed E-state index contributed by atoms with van der Waals surface area (Å²) in [7, 11) is 0. The molecule has 1 heterocycles. The number of carboxylic acids is 1. The normalized spacial score (nSPS) is 10.2. The molecular weight excluding hydrogens is 258 g/mol. The van der Waals surface area contributed by atoms with Gasteiger partial charge in [0.1, 0.15) is 10.2 Å². The zero-order chi connectivity index (χ0) is 12.3. The smallest absolute Gasteiger partial charge is 0.335 e. The minimum atomic E-state index is -1.01. The van der Waals surface area contributed by atoms with Crippen molar-refractivity contribution in [2.45, 2.75) is 9.92 Å². The van der Waals surface area contributed by atoms with E-state index in [1.54, 1.807) is 0 Å². The van der Waals surface area contributed by atoms with Gasteiger partial charge in [-0.05, 0) is 24.3 Å². The van der Waals surface area contributed by atoms with Crippen LogP contribution in [0.25, 0.3) is 0 Å². The fraction of sp³-hybridized carbons (Fsp3) is 0. The summed E-state index contributed by atoms with van der Waals surface area (Å²) in [5, 5.41) is 9.66. The minimum Gasteiger partial charge on any atom is -0.478 e. The Labute approximate surface area is 107 Å². The van der Waals surface area contributed by atoms with E-state index < -0.39 is 5.97 Å². The molecule has 2 rings (SSSR count). The van der Waals surface area contributed by atoms with Crippen molar-refractivity contribution < 1.29 is 9.90 Å². The Morgan fingerprint density at radius 2 is 1.94 bits per heavy atom. The number of hydrogen-bond acceptors (Lipinski definition) is 3. The Bertz CT molecular complexity index is 545. The standard InChI is InChI=1S/C12H8ClNO2S/c13-10-6-8(12(15)16)7-11(14-10)17-9-4-2-1-3-5-9/h1-7H,(H,15,16). The fourth-order valence-electron chi connectivity index (χ4n) is 1.26. The summed E-state index contributed by atoms with van der Waals surface area (Å²) in [6.07, 6.45) is 0. The Morgan fingerprint density at radius 1 is 1.24 bits per heavy atom. The number of benzene rings is 1. The molecule has 3 nitrogen and oxygen atoms in total. The van der Waals surface area contributed by atoms with E-state index in [2.05, 4.69) is 4.98 Å². The highest BCUT2D eigenvalue weighted by atomic mass is 35.5. The molecule has 0 aliphatic rings. The van der Waals surface area contributed by atoms with E-state index in [9.17, 15) is 4.79 Å². The maximum Gasteiger partial charge on any atom is 0.335 e. The van der Waals surface area contributed by atoms with Crippen LogP contribution >= 0.6 is 23.4 Å². The summed E-state index contributed by atoms with van der Waals surface area (Å²) in [6.45, 7) is 0. The van der Waals surface area contributed by atoms with Crippen LogP contribution in [0.15, 0.2) is 52.4 Å². The average Bonchev–Trinajstić information content (AvgIpc) is 2.29. The third kappa shape index (κ3) is 3.22. The first-order chi connectivity index (χ1) is 8.15. The van der Waals surface area contributed by atoms with Gasteiger partial charge in [-0.3, -0.25) is 0 Å². The first-order valence-electron chi connectivity index (χ1n) is 4.79. The summed E-state index contributed by atoms with van der Waals surface area (Å²) in [6, 6.07) is 12.4. The lowest BCUT2D eigenvalue weighted by Gasteiger charge is -2.02.